The van der Waals surface area contributed by atoms with Gasteiger partial charge in [0.1, 0.15) is 0 Å². The first-order chi connectivity index (χ1) is 8.56. The molecule has 1 rings (SSSR count). The average Bonchev–Trinajstić information content (AvgIpc) is 2.36. The monoisotopic (exact) mass is 287 g/mol. The highest BCUT2D eigenvalue weighted by Crippen LogP contribution is 2.22. The second-order valence-electron chi connectivity index (χ2n) is 4.12. The van der Waals surface area contributed by atoms with E-state index < -0.39 is 12.0 Å². The van der Waals surface area contributed by atoms with Crippen LogP contribution in [0, 0.1) is 0 Å². The standard InChI is InChI=1S/C13H18ClNO2S/c1-9(7-8-18-2)15-13(17)12(16)10-5-3-4-6-11(10)14/h3-6,9,12,16H,7-8H2,1-2H3,(H,15,17)/t9-,12-/m1/s1. The Hall–Kier alpha value is -0.710. The zero-order valence-corrected chi connectivity index (χ0v) is 12.1. The number of benzene rings is 1. The highest BCUT2D eigenvalue weighted by Gasteiger charge is 2.20. The minimum absolute atomic E-state index is 0.0436. The van der Waals surface area contributed by atoms with Crippen molar-refractivity contribution in [1.82, 2.24) is 5.32 Å². The van der Waals surface area contributed by atoms with Gasteiger partial charge in [0.15, 0.2) is 6.10 Å². The van der Waals surface area contributed by atoms with Crippen molar-refractivity contribution in [1.29, 1.82) is 0 Å². The van der Waals surface area contributed by atoms with Crippen LogP contribution in [0.1, 0.15) is 25.0 Å². The Morgan fingerprint density at radius 1 is 1.50 bits per heavy atom. The largest absolute Gasteiger partial charge is 0.378 e. The molecule has 3 nitrogen and oxygen atoms in total. The van der Waals surface area contributed by atoms with E-state index in [1.165, 1.54) is 0 Å². The summed E-state index contributed by atoms with van der Waals surface area (Å²) in [5.74, 6) is 0.570. The van der Waals surface area contributed by atoms with E-state index in [4.69, 9.17) is 11.6 Å². The van der Waals surface area contributed by atoms with Gasteiger partial charge < -0.3 is 10.4 Å². The number of thioether (sulfide) groups is 1. The number of hydrogen-bond donors (Lipinski definition) is 2. The fraction of sp³-hybridized carbons (Fsp3) is 0.462. The molecule has 0 unspecified atom stereocenters. The van der Waals surface area contributed by atoms with Gasteiger partial charge in [-0.3, -0.25) is 4.79 Å². The van der Waals surface area contributed by atoms with Crippen molar-refractivity contribution < 1.29 is 9.90 Å². The average molecular weight is 288 g/mol. The topological polar surface area (TPSA) is 49.3 Å². The van der Waals surface area contributed by atoms with Crippen molar-refractivity contribution in [2.75, 3.05) is 12.0 Å². The van der Waals surface area contributed by atoms with Crippen LogP contribution in [-0.4, -0.2) is 29.1 Å². The SMILES string of the molecule is CSCC[C@@H](C)NC(=O)[C@H](O)c1ccccc1Cl. The van der Waals surface area contributed by atoms with Gasteiger partial charge in [-0.2, -0.15) is 11.8 Å². The number of aliphatic hydroxyl groups excluding tert-OH is 1. The highest BCUT2D eigenvalue weighted by molar-refractivity contribution is 7.98. The number of nitrogens with one attached hydrogen (secondary N) is 1. The zero-order chi connectivity index (χ0) is 13.5. The van der Waals surface area contributed by atoms with Crippen molar-refractivity contribution in [2.45, 2.75) is 25.5 Å². The lowest BCUT2D eigenvalue weighted by atomic mass is 10.1. The van der Waals surface area contributed by atoms with Crippen LogP contribution >= 0.6 is 23.4 Å². The van der Waals surface area contributed by atoms with Crippen molar-refractivity contribution in [3.63, 3.8) is 0 Å². The van der Waals surface area contributed by atoms with Crippen LogP contribution in [0.2, 0.25) is 5.02 Å². The Labute approximate surface area is 117 Å². The van der Waals surface area contributed by atoms with Gasteiger partial charge in [-0.1, -0.05) is 29.8 Å². The molecule has 1 aromatic rings. The Bertz CT molecular complexity index is 400. The molecule has 0 bridgehead atoms. The Kier molecular flexibility index (Phi) is 6.54. The van der Waals surface area contributed by atoms with Crippen LogP contribution in [0.3, 0.4) is 0 Å². The number of halogens is 1. The lowest BCUT2D eigenvalue weighted by molar-refractivity contribution is -0.130. The highest BCUT2D eigenvalue weighted by atomic mass is 35.5. The fourth-order valence-corrected chi connectivity index (χ4v) is 2.36. The summed E-state index contributed by atoms with van der Waals surface area (Å²) in [5, 5.41) is 13.1. The van der Waals surface area contributed by atoms with Crippen molar-refractivity contribution in [3.8, 4) is 0 Å². The van der Waals surface area contributed by atoms with Crippen LogP contribution in [-0.2, 0) is 4.79 Å². The van der Waals surface area contributed by atoms with Gasteiger partial charge in [0, 0.05) is 16.6 Å². The maximum atomic E-state index is 11.8. The molecule has 0 radical (unpaired) electrons. The number of carbonyl (C=O) groups is 1. The molecule has 0 aliphatic heterocycles. The van der Waals surface area contributed by atoms with Gasteiger partial charge in [0.2, 0.25) is 0 Å². The molecule has 0 fully saturated rings. The molecular formula is C13H18ClNO2S. The summed E-state index contributed by atoms with van der Waals surface area (Å²) in [6.45, 7) is 1.92. The van der Waals surface area contributed by atoms with Crippen molar-refractivity contribution in [3.05, 3.63) is 34.9 Å². The predicted molar refractivity (Wildman–Crippen MR) is 77.0 cm³/mol. The lowest BCUT2D eigenvalue weighted by Gasteiger charge is -2.17. The first-order valence-corrected chi connectivity index (χ1v) is 7.55. The summed E-state index contributed by atoms with van der Waals surface area (Å²) in [7, 11) is 0. The fourth-order valence-electron chi connectivity index (χ4n) is 1.53. The van der Waals surface area contributed by atoms with Gasteiger partial charge in [-0.15, -0.1) is 0 Å². The molecular weight excluding hydrogens is 270 g/mol. The van der Waals surface area contributed by atoms with Gasteiger partial charge in [0.05, 0.1) is 0 Å². The summed E-state index contributed by atoms with van der Waals surface area (Å²) in [5.41, 5.74) is 0.439. The first kappa shape index (κ1) is 15.3. The number of hydrogen-bond acceptors (Lipinski definition) is 3. The molecule has 2 atom stereocenters. The summed E-state index contributed by atoms with van der Waals surface area (Å²) >= 11 is 7.67. The molecule has 5 heteroatoms. The van der Waals surface area contributed by atoms with E-state index in [0.717, 1.165) is 12.2 Å². The summed E-state index contributed by atoms with van der Waals surface area (Å²) < 4.78 is 0. The number of aliphatic hydroxyl groups is 1. The third-order valence-electron chi connectivity index (χ3n) is 2.59. The maximum Gasteiger partial charge on any atom is 0.253 e. The quantitative estimate of drug-likeness (QED) is 0.846. The summed E-state index contributed by atoms with van der Waals surface area (Å²) in [6.07, 6.45) is 1.69. The van der Waals surface area contributed by atoms with Crippen LogP contribution in [0.5, 0.6) is 0 Å². The molecule has 0 heterocycles. The predicted octanol–water partition coefficient (Wildman–Crippen LogP) is 2.63. The second-order valence-corrected chi connectivity index (χ2v) is 5.51. The smallest absolute Gasteiger partial charge is 0.253 e. The molecule has 0 spiro atoms. The Morgan fingerprint density at radius 3 is 2.78 bits per heavy atom. The normalized spacial score (nSPS) is 14.0. The zero-order valence-electron chi connectivity index (χ0n) is 10.5. The maximum absolute atomic E-state index is 11.8. The van der Waals surface area contributed by atoms with Gasteiger partial charge in [-0.05, 0) is 31.4 Å². The Balaban J connectivity index is 2.59. The summed E-state index contributed by atoms with van der Waals surface area (Å²) in [4.78, 5) is 11.8. The van der Waals surface area contributed by atoms with E-state index in [9.17, 15) is 9.90 Å². The van der Waals surface area contributed by atoms with Gasteiger partial charge >= 0.3 is 0 Å². The minimum Gasteiger partial charge on any atom is -0.378 e. The van der Waals surface area contributed by atoms with Crippen LogP contribution in [0.25, 0.3) is 0 Å². The molecule has 0 aromatic heterocycles. The third kappa shape index (κ3) is 4.52. The van der Waals surface area contributed by atoms with Gasteiger partial charge in [-0.25, -0.2) is 0 Å². The van der Waals surface area contributed by atoms with Crippen LogP contribution in [0.4, 0.5) is 0 Å². The van der Waals surface area contributed by atoms with Crippen LogP contribution < -0.4 is 5.32 Å². The second kappa shape index (κ2) is 7.67. The molecule has 0 aliphatic rings. The molecule has 1 amide bonds. The van der Waals surface area contributed by atoms with E-state index in [2.05, 4.69) is 5.32 Å². The number of rotatable bonds is 6. The molecule has 18 heavy (non-hydrogen) atoms. The van der Waals surface area contributed by atoms with E-state index >= 15 is 0 Å². The van der Waals surface area contributed by atoms with Crippen molar-refractivity contribution in [2.24, 2.45) is 0 Å². The molecule has 2 N–H and O–H groups in total. The van der Waals surface area contributed by atoms with Crippen molar-refractivity contribution >= 4 is 29.3 Å². The molecule has 100 valence electrons. The van der Waals surface area contributed by atoms with Crippen LogP contribution in [0.15, 0.2) is 24.3 Å². The minimum atomic E-state index is -1.21. The molecule has 0 aliphatic carbocycles. The number of carbonyl (C=O) groups excluding carboxylic acids is 1. The van der Waals surface area contributed by atoms with E-state index in [1.807, 2.05) is 13.2 Å². The molecule has 1 aromatic carbocycles. The first-order valence-electron chi connectivity index (χ1n) is 5.78. The van der Waals surface area contributed by atoms with E-state index in [1.54, 1.807) is 36.0 Å². The molecule has 0 saturated carbocycles. The van der Waals surface area contributed by atoms with Gasteiger partial charge in [0.25, 0.3) is 5.91 Å². The van der Waals surface area contributed by atoms with E-state index in [0.29, 0.717) is 10.6 Å². The Morgan fingerprint density at radius 2 is 2.17 bits per heavy atom. The molecule has 0 saturated heterocycles. The van der Waals surface area contributed by atoms with E-state index in [-0.39, 0.29) is 6.04 Å². The number of amides is 1. The summed E-state index contributed by atoms with van der Waals surface area (Å²) in [6, 6.07) is 6.86. The third-order valence-corrected chi connectivity index (χ3v) is 3.58. The lowest BCUT2D eigenvalue weighted by Crippen LogP contribution is -2.36.